The predicted octanol–water partition coefficient (Wildman–Crippen LogP) is 3.47. The Bertz CT molecular complexity index is 514. The van der Waals surface area contributed by atoms with Gasteiger partial charge in [0.25, 0.3) is 0 Å². The molecule has 22 heavy (non-hydrogen) atoms. The number of nitrogens with two attached hydrogens (primary N) is 1. The number of hydrogen-bond donors (Lipinski definition) is 2. The van der Waals surface area contributed by atoms with E-state index in [9.17, 15) is 13.6 Å². The minimum Gasteiger partial charge on any atom is -0.433 e. The molecular weight excluding hydrogens is 314 g/mol. The quantitative estimate of drug-likeness (QED) is 0.866. The van der Waals surface area contributed by atoms with E-state index in [2.05, 4.69) is 10.1 Å². The van der Waals surface area contributed by atoms with Crippen LogP contribution in [0.4, 0.5) is 14.5 Å². The Morgan fingerprint density at radius 3 is 2.77 bits per heavy atom. The van der Waals surface area contributed by atoms with Crippen molar-refractivity contribution in [3.8, 4) is 5.75 Å². The van der Waals surface area contributed by atoms with Crippen molar-refractivity contribution >= 4 is 24.0 Å². The second-order valence-electron chi connectivity index (χ2n) is 5.43. The third kappa shape index (κ3) is 4.81. The third-order valence-electron chi connectivity index (χ3n) is 3.88. The van der Waals surface area contributed by atoms with Crippen LogP contribution in [0.5, 0.6) is 5.75 Å². The number of hydrogen-bond acceptors (Lipinski definition) is 3. The van der Waals surface area contributed by atoms with E-state index in [0.717, 1.165) is 19.3 Å². The van der Waals surface area contributed by atoms with E-state index in [1.807, 2.05) is 0 Å². The molecule has 1 aliphatic rings. The summed E-state index contributed by atoms with van der Waals surface area (Å²) in [5.74, 6) is -0.0756. The molecule has 2 rings (SSSR count). The second kappa shape index (κ2) is 8.29. The number of carbonyl (C=O) groups is 1. The summed E-state index contributed by atoms with van der Waals surface area (Å²) in [6, 6.07) is 4.80. The summed E-state index contributed by atoms with van der Waals surface area (Å²) in [4.78, 5) is 12.1. The van der Waals surface area contributed by atoms with Crippen LogP contribution in [0, 0.1) is 12.8 Å². The fourth-order valence-corrected chi connectivity index (χ4v) is 2.74. The Balaban J connectivity index is 0.00000242. The van der Waals surface area contributed by atoms with Gasteiger partial charge in [-0.1, -0.05) is 18.6 Å². The molecular formula is C15H21ClF2N2O2. The van der Waals surface area contributed by atoms with Crippen LogP contribution in [0.15, 0.2) is 18.2 Å². The monoisotopic (exact) mass is 334 g/mol. The van der Waals surface area contributed by atoms with Gasteiger partial charge in [-0.3, -0.25) is 4.79 Å². The van der Waals surface area contributed by atoms with Gasteiger partial charge in [0.2, 0.25) is 5.91 Å². The lowest BCUT2D eigenvalue weighted by Crippen LogP contribution is -2.28. The number of para-hydroxylation sites is 1. The lowest BCUT2D eigenvalue weighted by molar-refractivity contribution is -0.117. The van der Waals surface area contributed by atoms with Gasteiger partial charge < -0.3 is 15.8 Å². The molecule has 0 aromatic heterocycles. The number of benzene rings is 1. The van der Waals surface area contributed by atoms with Gasteiger partial charge in [-0.15, -0.1) is 12.4 Å². The summed E-state index contributed by atoms with van der Waals surface area (Å²) in [7, 11) is 0. The van der Waals surface area contributed by atoms with E-state index >= 15 is 0 Å². The van der Waals surface area contributed by atoms with Gasteiger partial charge in [0.05, 0.1) is 5.69 Å². The van der Waals surface area contributed by atoms with Crippen molar-refractivity contribution < 1.29 is 18.3 Å². The van der Waals surface area contributed by atoms with Gasteiger partial charge in [-0.2, -0.15) is 8.78 Å². The smallest absolute Gasteiger partial charge is 0.387 e. The van der Waals surface area contributed by atoms with Crippen molar-refractivity contribution in [2.45, 2.75) is 45.3 Å². The normalized spacial score (nSPS) is 20.6. The van der Waals surface area contributed by atoms with E-state index in [1.165, 1.54) is 6.07 Å². The zero-order chi connectivity index (χ0) is 15.4. The Morgan fingerprint density at radius 2 is 2.18 bits per heavy atom. The Morgan fingerprint density at radius 1 is 1.45 bits per heavy atom. The van der Waals surface area contributed by atoms with Crippen molar-refractivity contribution in [1.29, 1.82) is 0 Å². The Kier molecular flexibility index (Phi) is 7.03. The molecule has 1 fully saturated rings. The zero-order valence-corrected chi connectivity index (χ0v) is 13.2. The van der Waals surface area contributed by atoms with Gasteiger partial charge in [0.1, 0.15) is 5.75 Å². The first-order valence-corrected chi connectivity index (χ1v) is 7.07. The molecule has 3 N–H and O–H groups in total. The van der Waals surface area contributed by atoms with Crippen LogP contribution < -0.4 is 15.8 Å². The van der Waals surface area contributed by atoms with Gasteiger partial charge in [0, 0.05) is 12.5 Å². The first-order chi connectivity index (χ1) is 9.97. The van der Waals surface area contributed by atoms with Crippen molar-refractivity contribution in [3.63, 3.8) is 0 Å². The topological polar surface area (TPSA) is 64.3 Å². The van der Waals surface area contributed by atoms with E-state index < -0.39 is 6.61 Å². The van der Waals surface area contributed by atoms with Crippen LogP contribution in [0.2, 0.25) is 0 Å². The molecule has 1 saturated carbocycles. The minimum absolute atomic E-state index is 0. The molecule has 1 aromatic carbocycles. The van der Waals surface area contributed by atoms with Crippen molar-refractivity contribution in [2.24, 2.45) is 11.7 Å². The maximum atomic E-state index is 12.4. The number of amides is 1. The van der Waals surface area contributed by atoms with Crippen molar-refractivity contribution in [1.82, 2.24) is 0 Å². The molecule has 1 aliphatic carbocycles. The highest BCUT2D eigenvalue weighted by Gasteiger charge is 2.26. The number of carbonyl (C=O) groups excluding carboxylic acids is 1. The number of anilines is 1. The van der Waals surface area contributed by atoms with Gasteiger partial charge in [-0.05, 0) is 37.3 Å². The number of halogens is 3. The SMILES string of the molecule is Cc1cccc(OC(F)F)c1NC(=O)C[C@@H]1CCC[C@H]1N.Cl. The molecule has 0 aliphatic heterocycles. The number of ether oxygens (including phenoxy) is 1. The van der Waals surface area contributed by atoms with E-state index in [-0.39, 0.29) is 36.0 Å². The summed E-state index contributed by atoms with van der Waals surface area (Å²) >= 11 is 0. The largest absolute Gasteiger partial charge is 0.433 e. The first-order valence-electron chi connectivity index (χ1n) is 7.07. The summed E-state index contributed by atoms with van der Waals surface area (Å²) in [5.41, 5.74) is 6.92. The summed E-state index contributed by atoms with van der Waals surface area (Å²) < 4.78 is 29.2. The minimum atomic E-state index is -2.93. The van der Waals surface area contributed by atoms with Crippen LogP contribution in [0.3, 0.4) is 0 Å². The number of aryl methyl sites for hydroxylation is 1. The molecule has 4 nitrogen and oxygen atoms in total. The molecule has 0 heterocycles. The highest BCUT2D eigenvalue weighted by atomic mass is 35.5. The predicted molar refractivity (Wildman–Crippen MR) is 83.6 cm³/mol. The van der Waals surface area contributed by atoms with Crippen LogP contribution in [0.25, 0.3) is 0 Å². The lowest BCUT2D eigenvalue weighted by atomic mass is 10.00. The zero-order valence-electron chi connectivity index (χ0n) is 12.4. The van der Waals surface area contributed by atoms with Gasteiger partial charge >= 0.3 is 6.61 Å². The Labute approximate surface area is 134 Å². The maximum Gasteiger partial charge on any atom is 0.387 e. The summed E-state index contributed by atoms with van der Waals surface area (Å²) in [6.07, 6.45) is 3.21. The Hall–Kier alpha value is -1.40. The molecule has 0 unspecified atom stereocenters. The maximum absolute atomic E-state index is 12.4. The lowest BCUT2D eigenvalue weighted by Gasteiger charge is -2.17. The van der Waals surface area contributed by atoms with E-state index in [1.54, 1.807) is 19.1 Å². The number of rotatable bonds is 5. The van der Waals surface area contributed by atoms with Crippen molar-refractivity contribution in [3.05, 3.63) is 23.8 Å². The highest BCUT2D eigenvalue weighted by molar-refractivity contribution is 5.93. The average molecular weight is 335 g/mol. The summed E-state index contributed by atoms with van der Waals surface area (Å²) in [6.45, 7) is -1.19. The van der Waals surface area contributed by atoms with Crippen LogP contribution in [-0.2, 0) is 4.79 Å². The molecule has 0 radical (unpaired) electrons. The van der Waals surface area contributed by atoms with Crippen LogP contribution in [0.1, 0.15) is 31.2 Å². The highest BCUT2D eigenvalue weighted by Crippen LogP contribution is 2.31. The number of nitrogens with one attached hydrogen (secondary N) is 1. The van der Waals surface area contributed by atoms with E-state index in [4.69, 9.17) is 5.73 Å². The molecule has 1 aromatic rings. The van der Waals surface area contributed by atoms with Crippen LogP contribution in [-0.4, -0.2) is 18.6 Å². The molecule has 0 spiro atoms. The molecule has 2 atom stereocenters. The molecule has 0 saturated heterocycles. The standard InChI is InChI=1S/C15H20F2N2O2.ClH/c1-9-4-2-7-12(21-15(16)17)14(9)19-13(20)8-10-5-3-6-11(10)18;/h2,4,7,10-11,15H,3,5-6,8,18H2,1H3,(H,19,20);1H/t10-,11+;/m0./s1. The first kappa shape index (κ1) is 18.6. The number of alkyl halides is 2. The van der Waals surface area contributed by atoms with Gasteiger partial charge in [0.15, 0.2) is 0 Å². The van der Waals surface area contributed by atoms with E-state index in [0.29, 0.717) is 17.7 Å². The molecule has 124 valence electrons. The second-order valence-corrected chi connectivity index (χ2v) is 5.43. The molecule has 1 amide bonds. The van der Waals surface area contributed by atoms with Crippen LogP contribution >= 0.6 is 12.4 Å². The fourth-order valence-electron chi connectivity index (χ4n) is 2.74. The fraction of sp³-hybridized carbons (Fsp3) is 0.533. The van der Waals surface area contributed by atoms with Crippen molar-refractivity contribution in [2.75, 3.05) is 5.32 Å². The third-order valence-corrected chi connectivity index (χ3v) is 3.88. The molecule has 7 heteroatoms. The summed E-state index contributed by atoms with van der Waals surface area (Å²) in [5, 5.41) is 2.68. The molecule has 0 bridgehead atoms. The van der Waals surface area contributed by atoms with Gasteiger partial charge in [-0.25, -0.2) is 0 Å². The average Bonchev–Trinajstić information content (AvgIpc) is 2.79.